The van der Waals surface area contributed by atoms with Crippen LogP contribution in [0.4, 0.5) is 4.79 Å². The van der Waals surface area contributed by atoms with Crippen molar-refractivity contribution >= 4 is 43.1 Å². The molecule has 33 heavy (non-hydrogen) atoms. The van der Waals surface area contributed by atoms with Gasteiger partial charge in [-0.05, 0) is 56.5 Å². The molecule has 0 aliphatic heterocycles. The number of pyridine rings is 1. The Morgan fingerprint density at radius 2 is 1.94 bits per heavy atom. The van der Waals surface area contributed by atoms with Gasteiger partial charge in [-0.1, -0.05) is 28.1 Å². The van der Waals surface area contributed by atoms with Gasteiger partial charge in [0.25, 0.3) is 0 Å². The molecule has 8 nitrogen and oxygen atoms in total. The molecule has 0 atom stereocenters. The van der Waals surface area contributed by atoms with Crippen molar-refractivity contribution in [3.05, 3.63) is 64.5 Å². The standard InChI is InChI=1S/C23H29BrN4O4S/c1-23(2,3)32-22(29)28(33(30,31)26(4)5)12-10-18-16-27(15-17-7-6-11-25-14-17)21-13-19(24)8-9-20(18)21/h6-9,11,13-14,16H,10,12,15H2,1-5H3. The molecule has 2 aromatic heterocycles. The Bertz CT molecular complexity index is 1230. The van der Waals surface area contributed by atoms with Crippen LogP contribution in [0.25, 0.3) is 10.9 Å². The lowest BCUT2D eigenvalue weighted by atomic mass is 10.1. The summed E-state index contributed by atoms with van der Waals surface area (Å²) in [5, 5.41) is 0.994. The minimum Gasteiger partial charge on any atom is -0.443 e. The van der Waals surface area contributed by atoms with Gasteiger partial charge in [-0.25, -0.2) is 4.79 Å². The molecule has 0 fully saturated rings. The summed E-state index contributed by atoms with van der Waals surface area (Å²) in [5.41, 5.74) is 2.17. The van der Waals surface area contributed by atoms with Crippen molar-refractivity contribution in [2.75, 3.05) is 20.6 Å². The Kier molecular flexibility index (Phi) is 7.50. The average molecular weight is 537 g/mol. The third kappa shape index (κ3) is 6.13. The van der Waals surface area contributed by atoms with Gasteiger partial charge >= 0.3 is 16.3 Å². The Balaban J connectivity index is 1.94. The number of hydrogen-bond donors (Lipinski definition) is 0. The third-order valence-electron chi connectivity index (χ3n) is 4.92. The number of carbonyl (C=O) groups excluding carboxylic acids is 1. The van der Waals surface area contributed by atoms with Crippen LogP contribution in [-0.2, 0) is 27.9 Å². The summed E-state index contributed by atoms with van der Waals surface area (Å²) in [7, 11) is -1.23. The second kappa shape index (κ2) is 9.82. The second-order valence-electron chi connectivity index (χ2n) is 8.90. The fourth-order valence-electron chi connectivity index (χ4n) is 3.39. The largest absolute Gasteiger partial charge is 0.443 e. The normalized spacial score (nSPS) is 12.3. The zero-order valence-corrected chi connectivity index (χ0v) is 21.9. The molecule has 0 aliphatic rings. The van der Waals surface area contributed by atoms with Crippen LogP contribution in [0.1, 0.15) is 31.9 Å². The second-order valence-corrected chi connectivity index (χ2v) is 11.9. The SMILES string of the molecule is CN(C)S(=O)(=O)N(CCc1cn(Cc2cccnc2)c2cc(Br)ccc12)C(=O)OC(C)(C)C. The topological polar surface area (TPSA) is 84.7 Å². The first-order chi connectivity index (χ1) is 15.4. The summed E-state index contributed by atoms with van der Waals surface area (Å²) in [6, 6.07) is 9.86. The van der Waals surface area contributed by atoms with E-state index < -0.39 is 21.9 Å². The summed E-state index contributed by atoms with van der Waals surface area (Å²) in [6.45, 7) is 5.68. The molecule has 0 spiro atoms. The number of nitrogens with zero attached hydrogens (tertiary/aromatic N) is 4. The summed E-state index contributed by atoms with van der Waals surface area (Å²) < 4.78 is 36.0. The number of ether oxygens (including phenoxy) is 1. The van der Waals surface area contributed by atoms with Crippen molar-refractivity contribution in [3.63, 3.8) is 0 Å². The van der Waals surface area contributed by atoms with E-state index in [9.17, 15) is 13.2 Å². The number of benzene rings is 1. The van der Waals surface area contributed by atoms with E-state index in [-0.39, 0.29) is 6.54 Å². The highest BCUT2D eigenvalue weighted by Crippen LogP contribution is 2.27. The van der Waals surface area contributed by atoms with Gasteiger partial charge in [-0.15, -0.1) is 0 Å². The summed E-state index contributed by atoms with van der Waals surface area (Å²) in [6.07, 6.45) is 5.00. The van der Waals surface area contributed by atoms with Crippen molar-refractivity contribution in [2.45, 2.75) is 39.3 Å². The van der Waals surface area contributed by atoms with Gasteiger partial charge in [0.1, 0.15) is 5.60 Å². The van der Waals surface area contributed by atoms with Crippen molar-refractivity contribution < 1.29 is 17.9 Å². The predicted molar refractivity (Wildman–Crippen MR) is 132 cm³/mol. The zero-order chi connectivity index (χ0) is 24.4. The molecular formula is C23H29BrN4O4S. The van der Waals surface area contributed by atoms with Crippen LogP contribution in [-0.4, -0.2) is 58.9 Å². The number of carbonyl (C=O) groups is 1. The predicted octanol–water partition coefficient (Wildman–Crippen LogP) is 4.43. The molecule has 0 bridgehead atoms. The van der Waals surface area contributed by atoms with Gasteiger partial charge in [0.15, 0.2) is 0 Å². The first-order valence-electron chi connectivity index (χ1n) is 10.5. The lowest BCUT2D eigenvalue weighted by molar-refractivity contribution is 0.0385. The molecule has 10 heteroatoms. The van der Waals surface area contributed by atoms with E-state index >= 15 is 0 Å². The summed E-state index contributed by atoms with van der Waals surface area (Å²) in [5.74, 6) is 0. The molecule has 0 aliphatic carbocycles. The smallest absolute Gasteiger partial charge is 0.425 e. The lowest BCUT2D eigenvalue weighted by Gasteiger charge is -2.28. The number of amides is 1. The first-order valence-corrected chi connectivity index (χ1v) is 12.7. The Morgan fingerprint density at radius 3 is 2.55 bits per heavy atom. The van der Waals surface area contributed by atoms with Crippen LogP contribution in [0.5, 0.6) is 0 Å². The quantitative estimate of drug-likeness (QED) is 0.445. The highest BCUT2D eigenvalue weighted by atomic mass is 79.9. The number of rotatable bonds is 7. The number of fused-ring (bicyclic) bond motifs is 1. The Labute approximate surface area is 203 Å². The molecule has 1 amide bonds. The van der Waals surface area contributed by atoms with Crippen molar-refractivity contribution in [1.82, 2.24) is 18.2 Å². The molecule has 0 saturated carbocycles. The molecule has 0 radical (unpaired) electrons. The van der Waals surface area contributed by atoms with Crippen LogP contribution in [0, 0.1) is 0 Å². The maximum absolute atomic E-state index is 12.9. The molecule has 2 heterocycles. The van der Waals surface area contributed by atoms with E-state index in [1.165, 1.54) is 14.1 Å². The van der Waals surface area contributed by atoms with Crippen LogP contribution in [0.2, 0.25) is 0 Å². The van der Waals surface area contributed by atoms with E-state index in [4.69, 9.17) is 4.74 Å². The molecule has 3 aromatic rings. The average Bonchev–Trinajstić information content (AvgIpc) is 3.04. The van der Waals surface area contributed by atoms with Gasteiger partial charge in [0.2, 0.25) is 0 Å². The van der Waals surface area contributed by atoms with E-state index in [2.05, 4.69) is 25.5 Å². The first kappa shape index (κ1) is 25.2. The fraction of sp³-hybridized carbons (Fsp3) is 0.391. The van der Waals surface area contributed by atoms with Crippen LogP contribution < -0.4 is 0 Å². The minimum atomic E-state index is -4.01. The monoisotopic (exact) mass is 536 g/mol. The van der Waals surface area contributed by atoms with Gasteiger partial charge in [0, 0.05) is 61.2 Å². The maximum atomic E-state index is 12.9. The number of hydrogen-bond acceptors (Lipinski definition) is 5. The lowest BCUT2D eigenvalue weighted by Crippen LogP contribution is -2.46. The molecule has 0 N–H and O–H groups in total. The zero-order valence-electron chi connectivity index (χ0n) is 19.4. The number of aromatic nitrogens is 2. The van der Waals surface area contributed by atoms with E-state index in [0.717, 1.165) is 35.1 Å². The highest BCUT2D eigenvalue weighted by Gasteiger charge is 2.33. The van der Waals surface area contributed by atoms with Gasteiger partial charge < -0.3 is 9.30 Å². The Morgan fingerprint density at radius 1 is 1.21 bits per heavy atom. The summed E-state index contributed by atoms with van der Waals surface area (Å²) >= 11 is 3.53. The molecule has 0 saturated heterocycles. The van der Waals surface area contributed by atoms with Gasteiger partial charge in [-0.3, -0.25) is 4.98 Å². The molecule has 178 valence electrons. The van der Waals surface area contributed by atoms with Crippen LogP contribution in [0.3, 0.4) is 0 Å². The van der Waals surface area contributed by atoms with Gasteiger partial charge in [-0.2, -0.15) is 17.0 Å². The maximum Gasteiger partial charge on any atom is 0.425 e. The van der Waals surface area contributed by atoms with Crippen molar-refractivity contribution in [2.24, 2.45) is 0 Å². The molecular weight excluding hydrogens is 508 g/mol. The summed E-state index contributed by atoms with van der Waals surface area (Å²) in [4.78, 5) is 17.0. The van der Waals surface area contributed by atoms with E-state index in [0.29, 0.717) is 13.0 Å². The fourth-order valence-corrected chi connectivity index (χ4v) is 4.68. The van der Waals surface area contributed by atoms with Crippen LogP contribution in [0.15, 0.2) is 53.4 Å². The van der Waals surface area contributed by atoms with Gasteiger partial charge in [0.05, 0.1) is 0 Å². The minimum absolute atomic E-state index is 0.0442. The number of halogens is 1. The van der Waals surface area contributed by atoms with Crippen molar-refractivity contribution in [1.29, 1.82) is 0 Å². The van der Waals surface area contributed by atoms with E-state index in [1.54, 1.807) is 27.0 Å². The third-order valence-corrected chi connectivity index (χ3v) is 7.23. The Hall–Kier alpha value is -2.43. The van der Waals surface area contributed by atoms with E-state index in [1.807, 2.05) is 42.7 Å². The van der Waals surface area contributed by atoms with Crippen molar-refractivity contribution in [3.8, 4) is 0 Å². The highest BCUT2D eigenvalue weighted by molar-refractivity contribution is 9.10. The molecule has 3 rings (SSSR count). The molecule has 1 aromatic carbocycles. The molecule has 0 unspecified atom stereocenters. The van der Waals surface area contributed by atoms with Crippen LogP contribution >= 0.6 is 15.9 Å².